The Bertz CT molecular complexity index is 955. The van der Waals surface area contributed by atoms with E-state index in [9.17, 15) is 9.18 Å². The van der Waals surface area contributed by atoms with Crippen molar-refractivity contribution >= 4 is 16.9 Å². The van der Waals surface area contributed by atoms with Crippen molar-refractivity contribution in [3.63, 3.8) is 0 Å². The van der Waals surface area contributed by atoms with Gasteiger partial charge in [0.2, 0.25) is 0 Å². The summed E-state index contributed by atoms with van der Waals surface area (Å²) in [5, 5.41) is 0.976. The standard InChI is InChI=1S/C21H20FNO3/c1-13-3-8-18-14(2)20(26-19(18)9-13)21(24)23-10-17(11-23)25-12-15-4-6-16(22)7-5-15/h3-9,17H,10-12H2,1-2H3. The maximum atomic E-state index is 12.9. The third-order valence-corrected chi connectivity index (χ3v) is 4.82. The molecule has 134 valence electrons. The van der Waals surface area contributed by atoms with Gasteiger partial charge in [-0.25, -0.2) is 4.39 Å². The van der Waals surface area contributed by atoms with Crippen molar-refractivity contribution < 1.29 is 18.3 Å². The Labute approximate surface area is 151 Å². The topological polar surface area (TPSA) is 42.7 Å². The third-order valence-electron chi connectivity index (χ3n) is 4.82. The first-order valence-corrected chi connectivity index (χ1v) is 8.66. The van der Waals surface area contributed by atoms with Gasteiger partial charge in [-0.15, -0.1) is 0 Å². The summed E-state index contributed by atoms with van der Waals surface area (Å²) < 4.78 is 24.5. The molecule has 1 aliphatic rings. The van der Waals surface area contributed by atoms with Gasteiger partial charge in [0.05, 0.1) is 12.7 Å². The Balaban J connectivity index is 1.37. The number of likely N-dealkylation sites (tertiary alicyclic amines) is 1. The summed E-state index contributed by atoms with van der Waals surface area (Å²) in [5.74, 6) is 0.0473. The van der Waals surface area contributed by atoms with Crippen LogP contribution in [0.15, 0.2) is 46.9 Å². The van der Waals surface area contributed by atoms with Crippen LogP contribution in [-0.4, -0.2) is 30.0 Å². The molecule has 1 amide bonds. The Kier molecular flexibility index (Phi) is 4.24. The summed E-state index contributed by atoms with van der Waals surface area (Å²) >= 11 is 0. The summed E-state index contributed by atoms with van der Waals surface area (Å²) in [6.45, 7) is 5.40. The minimum absolute atomic E-state index is 0.00377. The smallest absolute Gasteiger partial charge is 0.290 e. The zero-order chi connectivity index (χ0) is 18.3. The van der Waals surface area contributed by atoms with Crippen molar-refractivity contribution in [2.24, 2.45) is 0 Å². The number of hydrogen-bond donors (Lipinski definition) is 0. The van der Waals surface area contributed by atoms with Crippen molar-refractivity contribution in [2.45, 2.75) is 26.6 Å². The maximum Gasteiger partial charge on any atom is 0.290 e. The van der Waals surface area contributed by atoms with E-state index in [0.717, 1.165) is 27.7 Å². The van der Waals surface area contributed by atoms with Gasteiger partial charge in [0.1, 0.15) is 11.4 Å². The number of rotatable bonds is 4. The van der Waals surface area contributed by atoms with Crippen LogP contribution in [-0.2, 0) is 11.3 Å². The van der Waals surface area contributed by atoms with Gasteiger partial charge in [0, 0.05) is 24.0 Å². The predicted molar refractivity (Wildman–Crippen MR) is 96.6 cm³/mol. The lowest BCUT2D eigenvalue weighted by Gasteiger charge is -2.38. The van der Waals surface area contributed by atoms with E-state index >= 15 is 0 Å². The highest BCUT2D eigenvalue weighted by Crippen LogP contribution is 2.28. The Hall–Kier alpha value is -2.66. The number of carbonyl (C=O) groups is 1. The first-order valence-electron chi connectivity index (χ1n) is 8.66. The van der Waals surface area contributed by atoms with Crippen molar-refractivity contribution in [3.05, 3.63) is 70.7 Å². The highest BCUT2D eigenvalue weighted by atomic mass is 19.1. The van der Waals surface area contributed by atoms with E-state index in [0.29, 0.717) is 25.5 Å². The van der Waals surface area contributed by atoms with Gasteiger partial charge >= 0.3 is 0 Å². The largest absolute Gasteiger partial charge is 0.451 e. The zero-order valence-corrected chi connectivity index (χ0v) is 14.8. The second-order valence-electron chi connectivity index (χ2n) is 6.83. The molecule has 0 N–H and O–H groups in total. The monoisotopic (exact) mass is 353 g/mol. The van der Waals surface area contributed by atoms with Gasteiger partial charge in [0.15, 0.2) is 5.76 Å². The van der Waals surface area contributed by atoms with Gasteiger partial charge in [-0.3, -0.25) is 4.79 Å². The number of benzene rings is 2. The molecule has 0 atom stereocenters. The molecule has 0 spiro atoms. The van der Waals surface area contributed by atoms with Crippen LogP contribution in [0.25, 0.3) is 11.0 Å². The molecule has 0 saturated carbocycles. The average molecular weight is 353 g/mol. The lowest BCUT2D eigenvalue weighted by atomic mass is 10.1. The number of aryl methyl sites for hydroxylation is 2. The summed E-state index contributed by atoms with van der Waals surface area (Å²) in [6, 6.07) is 12.2. The van der Waals surface area contributed by atoms with Crippen molar-refractivity contribution in [1.29, 1.82) is 0 Å². The molecule has 0 unspecified atom stereocenters. The fourth-order valence-electron chi connectivity index (χ4n) is 3.18. The third kappa shape index (κ3) is 3.10. The molecule has 3 aromatic rings. The second kappa shape index (κ2) is 6.57. The van der Waals surface area contributed by atoms with Gasteiger partial charge in [-0.05, 0) is 43.2 Å². The van der Waals surface area contributed by atoms with Crippen LogP contribution < -0.4 is 0 Å². The number of nitrogens with zero attached hydrogens (tertiary/aromatic N) is 1. The molecule has 2 heterocycles. The fraction of sp³-hybridized carbons (Fsp3) is 0.286. The molecule has 4 rings (SSSR count). The molecule has 2 aromatic carbocycles. The highest BCUT2D eigenvalue weighted by molar-refractivity contribution is 5.99. The van der Waals surface area contributed by atoms with Gasteiger partial charge < -0.3 is 14.1 Å². The van der Waals surface area contributed by atoms with Crippen LogP contribution in [0.1, 0.15) is 27.2 Å². The van der Waals surface area contributed by atoms with Crippen molar-refractivity contribution in [2.75, 3.05) is 13.1 Å². The number of amides is 1. The van der Waals surface area contributed by atoms with Crippen LogP contribution in [0, 0.1) is 19.7 Å². The molecule has 0 aliphatic carbocycles. The second-order valence-corrected chi connectivity index (χ2v) is 6.83. The number of ether oxygens (including phenoxy) is 1. The Morgan fingerprint density at radius 1 is 1.19 bits per heavy atom. The number of hydrogen-bond acceptors (Lipinski definition) is 3. The van der Waals surface area contributed by atoms with E-state index in [-0.39, 0.29) is 17.8 Å². The molecule has 1 fully saturated rings. The number of halogens is 1. The van der Waals surface area contributed by atoms with Gasteiger partial charge in [-0.1, -0.05) is 24.3 Å². The molecule has 0 bridgehead atoms. The first kappa shape index (κ1) is 16.8. The molecule has 1 saturated heterocycles. The molecule has 1 aliphatic heterocycles. The van der Waals surface area contributed by atoms with E-state index in [2.05, 4.69) is 0 Å². The van der Waals surface area contributed by atoms with Crippen LogP contribution in [0.2, 0.25) is 0 Å². The minimum atomic E-state index is -0.259. The normalized spacial score (nSPS) is 14.7. The Morgan fingerprint density at radius 3 is 2.65 bits per heavy atom. The molecule has 4 nitrogen and oxygen atoms in total. The van der Waals surface area contributed by atoms with Crippen LogP contribution in [0.3, 0.4) is 0 Å². The van der Waals surface area contributed by atoms with Crippen LogP contribution in [0.4, 0.5) is 4.39 Å². The molecule has 5 heteroatoms. The van der Waals surface area contributed by atoms with E-state index in [1.54, 1.807) is 17.0 Å². The molecule has 1 aromatic heterocycles. The molecular weight excluding hydrogens is 333 g/mol. The summed E-state index contributed by atoms with van der Waals surface area (Å²) in [4.78, 5) is 14.4. The van der Waals surface area contributed by atoms with E-state index in [1.165, 1.54) is 12.1 Å². The van der Waals surface area contributed by atoms with E-state index in [1.807, 2.05) is 32.0 Å². The lowest BCUT2D eigenvalue weighted by Crippen LogP contribution is -2.54. The van der Waals surface area contributed by atoms with Gasteiger partial charge in [0.25, 0.3) is 5.91 Å². The summed E-state index contributed by atoms with van der Waals surface area (Å²) in [7, 11) is 0. The number of furan rings is 1. The SMILES string of the molecule is Cc1ccc2c(C)c(C(=O)N3CC(OCc4ccc(F)cc4)C3)oc2c1. The fourth-order valence-corrected chi connectivity index (χ4v) is 3.18. The number of carbonyl (C=O) groups excluding carboxylic acids is 1. The van der Waals surface area contributed by atoms with E-state index in [4.69, 9.17) is 9.15 Å². The van der Waals surface area contributed by atoms with Crippen molar-refractivity contribution in [1.82, 2.24) is 4.90 Å². The maximum absolute atomic E-state index is 12.9. The quantitative estimate of drug-likeness (QED) is 0.705. The molecule has 0 radical (unpaired) electrons. The van der Waals surface area contributed by atoms with Gasteiger partial charge in [-0.2, -0.15) is 0 Å². The first-order chi connectivity index (χ1) is 12.5. The summed E-state index contributed by atoms with van der Waals surface area (Å²) in [5.41, 5.74) is 3.64. The molecular formula is C21H20FNO3. The van der Waals surface area contributed by atoms with Crippen LogP contribution in [0.5, 0.6) is 0 Å². The van der Waals surface area contributed by atoms with E-state index < -0.39 is 0 Å². The number of fused-ring (bicyclic) bond motifs is 1. The highest BCUT2D eigenvalue weighted by Gasteiger charge is 2.34. The predicted octanol–water partition coefficient (Wildman–Crippen LogP) is 4.23. The minimum Gasteiger partial charge on any atom is -0.451 e. The zero-order valence-electron chi connectivity index (χ0n) is 14.8. The van der Waals surface area contributed by atoms with Crippen LogP contribution >= 0.6 is 0 Å². The lowest BCUT2D eigenvalue weighted by molar-refractivity contribution is -0.0511. The Morgan fingerprint density at radius 2 is 1.92 bits per heavy atom. The molecule has 26 heavy (non-hydrogen) atoms. The summed E-state index contributed by atoms with van der Waals surface area (Å²) in [6.07, 6.45) is -0.00377. The average Bonchev–Trinajstić information content (AvgIpc) is 2.91. The van der Waals surface area contributed by atoms with Crippen molar-refractivity contribution in [3.8, 4) is 0 Å².